The molecule has 0 fully saturated rings. The van der Waals surface area contributed by atoms with Gasteiger partial charge in [0.2, 0.25) is 11.7 Å². The Morgan fingerprint density at radius 2 is 1.62 bits per heavy atom. The van der Waals surface area contributed by atoms with Gasteiger partial charge in [0.25, 0.3) is 0 Å². The van der Waals surface area contributed by atoms with Gasteiger partial charge in [0.15, 0.2) is 11.5 Å². The molecular weight excluding hydrogens is 372 g/mol. The maximum absolute atomic E-state index is 5.67. The van der Waals surface area contributed by atoms with E-state index < -0.39 is 0 Å². The van der Waals surface area contributed by atoms with E-state index >= 15 is 0 Å². The van der Waals surface area contributed by atoms with Crippen molar-refractivity contribution < 1.29 is 18.9 Å². The van der Waals surface area contributed by atoms with Crippen molar-refractivity contribution >= 4 is 17.5 Å². The summed E-state index contributed by atoms with van der Waals surface area (Å²) in [5.74, 6) is 3.57. The number of benzene rings is 2. The van der Waals surface area contributed by atoms with Crippen molar-refractivity contribution in [2.45, 2.75) is 0 Å². The van der Waals surface area contributed by atoms with Crippen LogP contribution >= 0.6 is 0 Å². The van der Waals surface area contributed by atoms with Crippen LogP contribution in [0.25, 0.3) is 0 Å². The van der Waals surface area contributed by atoms with Crippen molar-refractivity contribution in [1.82, 2.24) is 9.97 Å². The van der Waals surface area contributed by atoms with Crippen LogP contribution in [0.2, 0.25) is 0 Å². The second-order valence-corrected chi connectivity index (χ2v) is 5.89. The summed E-state index contributed by atoms with van der Waals surface area (Å²) < 4.78 is 21.7. The van der Waals surface area contributed by atoms with Crippen LogP contribution in [0.1, 0.15) is 0 Å². The van der Waals surface area contributed by atoms with Crippen molar-refractivity contribution in [2.75, 3.05) is 45.1 Å². The van der Waals surface area contributed by atoms with E-state index in [1.165, 1.54) is 0 Å². The third-order valence-electron chi connectivity index (χ3n) is 4.00. The van der Waals surface area contributed by atoms with E-state index in [2.05, 4.69) is 20.6 Å². The summed E-state index contributed by atoms with van der Waals surface area (Å²) in [5, 5.41) is 6.37. The average Bonchev–Trinajstić information content (AvgIpc) is 2.77. The quantitative estimate of drug-likeness (QED) is 0.501. The predicted octanol–water partition coefficient (Wildman–Crippen LogP) is 3.74. The van der Waals surface area contributed by atoms with Crippen molar-refractivity contribution in [3.8, 4) is 23.0 Å². The lowest BCUT2D eigenvalue weighted by molar-refractivity contribution is 0.324. The molecule has 0 spiro atoms. The fraction of sp³-hybridized carbons (Fsp3) is 0.238. The first-order valence-corrected chi connectivity index (χ1v) is 9.05. The number of anilines is 3. The van der Waals surface area contributed by atoms with E-state index in [1.807, 2.05) is 30.3 Å². The summed E-state index contributed by atoms with van der Waals surface area (Å²) in [6, 6.07) is 15.0. The molecule has 1 aromatic heterocycles. The molecule has 8 heteroatoms. The number of hydrogen-bond acceptors (Lipinski definition) is 8. The summed E-state index contributed by atoms with van der Waals surface area (Å²) in [5.41, 5.74) is 0.712. The molecule has 0 amide bonds. The molecule has 2 aromatic carbocycles. The molecule has 152 valence electrons. The molecule has 1 heterocycles. The van der Waals surface area contributed by atoms with Gasteiger partial charge in [-0.3, -0.25) is 0 Å². The minimum absolute atomic E-state index is 0.438. The Bertz CT molecular complexity index is 897. The van der Waals surface area contributed by atoms with E-state index in [4.69, 9.17) is 18.9 Å². The largest absolute Gasteiger partial charge is 0.493 e. The third-order valence-corrected chi connectivity index (χ3v) is 4.00. The van der Waals surface area contributed by atoms with E-state index in [1.54, 1.807) is 45.7 Å². The van der Waals surface area contributed by atoms with Gasteiger partial charge in [-0.25, -0.2) is 4.98 Å². The number of rotatable bonds is 10. The number of hydrogen-bond donors (Lipinski definition) is 2. The highest BCUT2D eigenvalue weighted by atomic mass is 16.5. The number of methoxy groups -OCH3 is 3. The highest BCUT2D eigenvalue weighted by Gasteiger charge is 2.13. The number of nitrogens with one attached hydrogen (secondary N) is 2. The average molecular weight is 396 g/mol. The van der Waals surface area contributed by atoms with Gasteiger partial charge < -0.3 is 29.6 Å². The first-order chi connectivity index (χ1) is 14.2. The van der Waals surface area contributed by atoms with Crippen LogP contribution in [-0.2, 0) is 0 Å². The van der Waals surface area contributed by atoms with Gasteiger partial charge in [-0.2, -0.15) is 4.98 Å². The minimum Gasteiger partial charge on any atom is -0.493 e. The van der Waals surface area contributed by atoms with Gasteiger partial charge in [0.05, 0.1) is 27.9 Å². The van der Waals surface area contributed by atoms with E-state index in [0.717, 1.165) is 5.75 Å². The molecule has 0 radical (unpaired) electrons. The summed E-state index contributed by atoms with van der Waals surface area (Å²) >= 11 is 0. The molecule has 0 atom stereocenters. The lowest BCUT2D eigenvalue weighted by Gasteiger charge is -2.15. The number of aromatic nitrogens is 2. The molecule has 0 unspecified atom stereocenters. The lowest BCUT2D eigenvalue weighted by Crippen LogP contribution is -2.12. The maximum Gasteiger partial charge on any atom is 0.229 e. The van der Waals surface area contributed by atoms with Gasteiger partial charge in [0.1, 0.15) is 18.2 Å². The first-order valence-electron chi connectivity index (χ1n) is 9.05. The fourth-order valence-corrected chi connectivity index (χ4v) is 2.66. The minimum atomic E-state index is 0.438. The van der Waals surface area contributed by atoms with Gasteiger partial charge in [-0.15, -0.1) is 0 Å². The second-order valence-electron chi connectivity index (χ2n) is 5.89. The summed E-state index contributed by atoms with van der Waals surface area (Å²) in [6.07, 6.45) is 1.67. The Hall–Kier alpha value is -3.68. The highest BCUT2D eigenvalue weighted by Crippen LogP contribution is 2.40. The predicted molar refractivity (Wildman–Crippen MR) is 112 cm³/mol. The molecule has 2 N–H and O–H groups in total. The Kier molecular flexibility index (Phi) is 6.94. The summed E-state index contributed by atoms with van der Waals surface area (Å²) in [4.78, 5) is 8.72. The Morgan fingerprint density at radius 1 is 0.897 bits per heavy atom. The van der Waals surface area contributed by atoms with E-state index in [0.29, 0.717) is 47.9 Å². The van der Waals surface area contributed by atoms with Crippen LogP contribution in [0.4, 0.5) is 17.5 Å². The van der Waals surface area contributed by atoms with E-state index in [9.17, 15) is 0 Å². The third kappa shape index (κ3) is 5.41. The molecular formula is C21H24N4O4. The molecule has 0 saturated carbocycles. The van der Waals surface area contributed by atoms with Crippen molar-refractivity contribution in [3.63, 3.8) is 0 Å². The molecule has 3 rings (SSSR count). The zero-order valence-electron chi connectivity index (χ0n) is 16.6. The molecule has 0 aliphatic carbocycles. The Morgan fingerprint density at radius 3 is 2.28 bits per heavy atom. The summed E-state index contributed by atoms with van der Waals surface area (Å²) in [6.45, 7) is 1.12. The van der Waals surface area contributed by atoms with Gasteiger partial charge in [0, 0.05) is 24.0 Å². The smallest absolute Gasteiger partial charge is 0.229 e. The van der Waals surface area contributed by atoms with Crippen molar-refractivity contribution in [2.24, 2.45) is 0 Å². The van der Waals surface area contributed by atoms with Crippen LogP contribution < -0.4 is 29.6 Å². The monoisotopic (exact) mass is 396 g/mol. The molecule has 0 saturated heterocycles. The molecule has 3 aromatic rings. The Labute approximate surface area is 169 Å². The Balaban J connectivity index is 1.62. The maximum atomic E-state index is 5.67. The number of nitrogens with zero attached hydrogens (tertiary/aromatic N) is 2. The van der Waals surface area contributed by atoms with E-state index in [-0.39, 0.29) is 0 Å². The van der Waals surface area contributed by atoms with Gasteiger partial charge in [-0.1, -0.05) is 18.2 Å². The fourth-order valence-electron chi connectivity index (χ4n) is 2.66. The van der Waals surface area contributed by atoms with Crippen LogP contribution in [-0.4, -0.2) is 44.4 Å². The van der Waals surface area contributed by atoms with Crippen LogP contribution in [0.3, 0.4) is 0 Å². The van der Waals surface area contributed by atoms with Crippen LogP contribution in [0.15, 0.2) is 54.7 Å². The van der Waals surface area contributed by atoms with Crippen molar-refractivity contribution in [3.05, 3.63) is 54.7 Å². The van der Waals surface area contributed by atoms with Gasteiger partial charge >= 0.3 is 0 Å². The van der Waals surface area contributed by atoms with Crippen LogP contribution in [0, 0.1) is 0 Å². The molecule has 29 heavy (non-hydrogen) atoms. The van der Waals surface area contributed by atoms with Gasteiger partial charge in [-0.05, 0) is 18.2 Å². The highest BCUT2D eigenvalue weighted by molar-refractivity contribution is 5.66. The van der Waals surface area contributed by atoms with Crippen molar-refractivity contribution in [1.29, 1.82) is 0 Å². The number of para-hydroxylation sites is 1. The molecule has 8 nitrogen and oxygen atoms in total. The molecule has 0 aliphatic heterocycles. The number of ether oxygens (including phenoxy) is 4. The topological polar surface area (TPSA) is 86.8 Å². The molecule has 0 bridgehead atoms. The SMILES string of the molecule is COc1cc(Nc2nccc(NCCOc3ccccc3)n2)cc(OC)c1OC. The normalized spacial score (nSPS) is 10.2. The zero-order chi connectivity index (χ0) is 20.5. The lowest BCUT2D eigenvalue weighted by atomic mass is 10.2. The summed E-state index contributed by atoms with van der Waals surface area (Å²) in [7, 11) is 4.70. The second kappa shape index (κ2) is 10.0. The standard InChI is InChI=1S/C21H24N4O4/c1-26-17-13-15(14-18(27-2)20(17)28-3)24-21-23-10-9-19(25-21)22-11-12-29-16-7-5-4-6-8-16/h4-10,13-14H,11-12H2,1-3H3,(H2,22,23,24,25). The van der Waals surface area contributed by atoms with Crippen LogP contribution in [0.5, 0.6) is 23.0 Å². The zero-order valence-corrected chi connectivity index (χ0v) is 16.6. The molecule has 0 aliphatic rings. The first kappa shape index (κ1) is 20.1.